The molecule has 1 aromatic carbocycles. The van der Waals surface area contributed by atoms with Crippen molar-refractivity contribution in [1.29, 1.82) is 0 Å². The van der Waals surface area contributed by atoms with E-state index in [0.29, 0.717) is 18.7 Å². The minimum atomic E-state index is -0.911. The molecule has 0 spiro atoms. The Labute approximate surface area is 113 Å². The molecule has 0 saturated carbocycles. The lowest BCUT2D eigenvalue weighted by Gasteiger charge is -2.21. The van der Waals surface area contributed by atoms with Crippen molar-refractivity contribution in [3.05, 3.63) is 29.3 Å². The smallest absolute Gasteiger partial charge is 0.336 e. The highest BCUT2D eigenvalue weighted by atomic mass is 16.5. The number of hydrogen-bond donors (Lipinski definition) is 3. The van der Waals surface area contributed by atoms with Gasteiger partial charge in [-0.2, -0.15) is 0 Å². The van der Waals surface area contributed by atoms with Gasteiger partial charge in [0, 0.05) is 18.8 Å². The number of aromatic carboxylic acids is 1. The van der Waals surface area contributed by atoms with E-state index in [2.05, 4.69) is 5.32 Å². The lowest BCUT2D eigenvalue weighted by atomic mass is 10.1. The minimum Gasteiger partial charge on any atom is -0.478 e. The van der Waals surface area contributed by atoms with Crippen molar-refractivity contribution in [1.82, 2.24) is 0 Å². The van der Waals surface area contributed by atoms with E-state index in [0.717, 1.165) is 24.1 Å². The highest BCUT2D eigenvalue weighted by Crippen LogP contribution is 2.20. The number of carbonyl (C=O) groups is 1. The molecule has 0 amide bonds. The second-order valence-electron chi connectivity index (χ2n) is 4.51. The Hall–Kier alpha value is -1.59. The van der Waals surface area contributed by atoms with Gasteiger partial charge in [-0.1, -0.05) is 6.07 Å². The molecule has 5 heteroatoms. The molecule has 0 heterocycles. The van der Waals surface area contributed by atoms with Crippen LogP contribution in [0.1, 0.15) is 28.8 Å². The SMILES string of the molecule is COCC(CCCN)Nc1cccc(C(=O)O)c1C. The monoisotopic (exact) mass is 266 g/mol. The van der Waals surface area contributed by atoms with Gasteiger partial charge in [0.05, 0.1) is 12.2 Å². The van der Waals surface area contributed by atoms with Crippen LogP contribution in [0.2, 0.25) is 0 Å². The Kier molecular flexibility index (Phi) is 6.32. The topological polar surface area (TPSA) is 84.6 Å². The fraction of sp³-hybridized carbons (Fsp3) is 0.500. The molecule has 0 aromatic heterocycles. The Balaban J connectivity index is 2.83. The molecule has 0 bridgehead atoms. The molecule has 5 nitrogen and oxygen atoms in total. The predicted octanol–water partition coefficient (Wildman–Crippen LogP) is 1.86. The summed E-state index contributed by atoms with van der Waals surface area (Å²) >= 11 is 0. The molecule has 0 aliphatic rings. The number of rotatable bonds is 8. The molecular formula is C14H22N2O3. The van der Waals surface area contributed by atoms with Gasteiger partial charge >= 0.3 is 5.97 Å². The van der Waals surface area contributed by atoms with Crippen molar-refractivity contribution < 1.29 is 14.6 Å². The number of carboxylic acids is 1. The lowest BCUT2D eigenvalue weighted by Crippen LogP contribution is -2.26. The fourth-order valence-electron chi connectivity index (χ4n) is 2.01. The van der Waals surface area contributed by atoms with Gasteiger partial charge in [0.1, 0.15) is 0 Å². The molecule has 0 saturated heterocycles. The molecule has 4 N–H and O–H groups in total. The van der Waals surface area contributed by atoms with Crippen LogP contribution in [-0.2, 0) is 4.74 Å². The number of nitrogens with two attached hydrogens (primary N) is 1. The van der Waals surface area contributed by atoms with Crippen LogP contribution in [0, 0.1) is 6.92 Å². The van der Waals surface area contributed by atoms with Crippen molar-refractivity contribution in [2.75, 3.05) is 25.6 Å². The van der Waals surface area contributed by atoms with E-state index in [4.69, 9.17) is 15.6 Å². The zero-order valence-electron chi connectivity index (χ0n) is 11.5. The Morgan fingerprint density at radius 2 is 2.26 bits per heavy atom. The Morgan fingerprint density at radius 1 is 1.53 bits per heavy atom. The maximum Gasteiger partial charge on any atom is 0.336 e. The molecule has 1 atom stereocenters. The summed E-state index contributed by atoms with van der Waals surface area (Å²) in [4.78, 5) is 11.1. The van der Waals surface area contributed by atoms with Crippen LogP contribution < -0.4 is 11.1 Å². The molecule has 1 unspecified atom stereocenters. The summed E-state index contributed by atoms with van der Waals surface area (Å²) in [5.74, 6) is -0.911. The molecule has 0 aliphatic heterocycles. The van der Waals surface area contributed by atoms with Crippen molar-refractivity contribution in [2.24, 2.45) is 5.73 Å². The molecule has 1 aromatic rings. The molecule has 19 heavy (non-hydrogen) atoms. The Bertz CT molecular complexity index is 421. The van der Waals surface area contributed by atoms with Gasteiger partial charge in [-0.3, -0.25) is 0 Å². The van der Waals surface area contributed by atoms with Crippen molar-refractivity contribution >= 4 is 11.7 Å². The largest absolute Gasteiger partial charge is 0.478 e. The number of methoxy groups -OCH3 is 1. The molecular weight excluding hydrogens is 244 g/mol. The van der Waals surface area contributed by atoms with Crippen LogP contribution in [-0.4, -0.2) is 37.4 Å². The third-order valence-electron chi connectivity index (χ3n) is 3.05. The normalized spacial score (nSPS) is 12.2. The number of nitrogens with one attached hydrogen (secondary N) is 1. The summed E-state index contributed by atoms with van der Waals surface area (Å²) in [6.07, 6.45) is 1.79. The maximum atomic E-state index is 11.1. The number of ether oxygens (including phenoxy) is 1. The zero-order valence-corrected chi connectivity index (χ0v) is 11.5. The third kappa shape index (κ3) is 4.54. The predicted molar refractivity (Wildman–Crippen MR) is 75.7 cm³/mol. The molecule has 106 valence electrons. The van der Waals surface area contributed by atoms with Crippen molar-refractivity contribution in [2.45, 2.75) is 25.8 Å². The molecule has 0 aliphatic carbocycles. The van der Waals surface area contributed by atoms with Crippen LogP contribution in [0.5, 0.6) is 0 Å². The summed E-state index contributed by atoms with van der Waals surface area (Å²) in [5, 5.41) is 12.4. The molecule has 0 fully saturated rings. The first-order valence-corrected chi connectivity index (χ1v) is 6.38. The quantitative estimate of drug-likeness (QED) is 0.668. The van der Waals surface area contributed by atoms with Gasteiger partial charge in [0.25, 0.3) is 0 Å². The van der Waals surface area contributed by atoms with E-state index in [1.807, 2.05) is 6.07 Å². The standard InChI is InChI=1S/C14H22N2O3/c1-10-12(14(17)18)6-3-7-13(10)16-11(9-19-2)5-4-8-15/h3,6-7,11,16H,4-5,8-9,15H2,1-2H3,(H,17,18). The van der Waals surface area contributed by atoms with E-state index in [9.17, 15) is 4.79 Å². The van der Waals surface area contributed by atoms with Crippen LogP contribution >= 0.6 is 0 Å². The van der Waals surface area contributed by atoms with Crippen LogP contribution in [0.15, 0.2) is 18.2 Å². The first-order chi connectivity index (χ1) is 9.10. The van der Waals surface area contributed by atoms with Gasteiger partial charge in [0.15, 0.2) is 0 Å². The summed E-state index contributed by atoms with van der Waals surface area (Å²) in [7, 11) is 1.65. The average molecular weight is 266 g/mol. The van der Waals surface area contributed by atoms with Gasteiger partial charge in [-0.25, -0.2) is 4.79 Å². The van der Waals surface area contributed by atoms with E-state index >= 15 is 0 Å². The van der Waals surface area contributed by atoms with E-state index < -0.39 is 5.97 Å². The van der Waals surface area contributed by atoms with Crippen LogP contribution in [0.3, 0.4) is 0 Å². The minimum absolute atomic E-state index is 0.135. The summed E-state index contributed by atoms with van der Waals surface area (Å²) in [6.45, 7) is 3.01. The van der Waals surface area contributed by atoms with Gasteiger partial charge < -0.3 is 20.9 Å². The molecule has 1 rings (SSSR count). The number of benzene rings is 1. The van der Waals surface area contributed by atoms with Crippen LogP contribution in [0.25, 0.3) is 0 Å². The number of anilines is 1. The number of carboxylic acid groups (broad SMARTS) is 1. The first kappa shape index (κ1) is 15.5. The lowest BCUT2D eigenvalue weighted by molar-refractivity contribution is 0.0696. The van der Waals surface area contributed by atoms with Crippen LogP contribution in [0.4, 0.5) is 5.69 Å². The van der Waals surface area contributed by atoms with Gasteiger partial charge in [-0.15, -0.1) is 0 Å². The molecule has 0 radical (unpaired) electrons. The third-order valence-corrected chi connectivity index (χ3v) is 3.05. The second kappa shape index (κ2) is 7.76. The summed E-state index contributed by atoms with van der Waals surface area (Å²) in [5.41, 5.74) is 7.41. The average Bonchev–Trinajstić information content (AvgIpc) is 2.38. The fourth-order valence-corrected chi connectivity index (χ4v) is 2.01. The summed E-state index contributed by atoms with van der Waals surface area (Å²) < 4.78 is 5.17. The highest BCUT2D eigenvalue weighted by molar-refractivity contribution is 5.91. The van der Waals surface area contributed by atoms with Crippen molar-refractivity contribution in [3.8, 4) is 0 Å². The second-order valence-corrected chi connectivity index (χ2v) is 4.51. The van der Waals surface area contributed by atoms with E-state index in [-0.39, 0.29) is 6.04 Å². The number of hydrogen-bond acceptors (Lipinski definition) is 4. The van der Waals surface area contributed by atoms with E-state index in [1.54, 1.807) is 26.2 Å². The van der Waals surface area contributed by atoms with Gasteiger partial charge in [-0.05, 0) is 44.0 Å². The zero-order chi connectivity index (χ0) is 14.3. The summed E-state index contributed by atoms with van der Waals surface area (Å²) in [6, 6.07) is 5.36. The Morgan fingerprint density at radius 3 is 2.84 bits per heavy atom. The first-order valence-electron chi connectivity index (χ1n) is 6.38. The van der Waals surface area contributed by atoms with Gasteiger partial charge in [0.2, 0.25) is 0 Å². The maximum absolute atomic E-state index is 11.1. The highest BCUT2D eigenvalue weighted by Gasteiger charge is 2.13. The van der Waals surface area contributed by atoms with E-state index in [1.165, 1.54) is 0 Å². The van der Waals surface area contributed by atoms with Crippen molar-refractivity contribution in [3.63, 3.8) is 0 Å².